The molecule has 0 spiro atoms. The largest absolute Gasteiger partial charge is 0.478 e. The van der Waals surface area contributed by atoms with Crippen molar-refractivity contribution in [1.82, 2.24) is 10.2 Å². The smallest absolute Gasteiger partial charge is 0.335 e. The van der Waals surface area contributed by atoms with Gasteiger partial charge in [-0.1, -0.05) is 22.5 Å². The topological polar surface area (TPSA) is 72.3 Å². The summed E-state index contributed by atoms with van der Waals surface area (Å²) in [6.45, 7) is 3.67. The molecule has 88 valence electrons. The number of nitrogens with zero attached hydrogens (tertiary/aromatic N) is 2. The van der Waals surface area contributed by atoms with Crippen LogP contribution in [0.3, 0.4) is 0 Å². The van der Waals surface area contributed by atoms with Crippen molar-refractivity contribution in [3.05, 3.63) is 34.3 Å². The first kappa shape index (κ1) is 11.5. The molecule has 1 aromatic heterocycles. The SMILES string of the molecule is Cc1nnc(Oc2cc(C(=O)O)ccc2C)s1. The molecule has 0 saturated heterocycles. The molecule has 5 nitrogen and oxygen atoms in total. The number of carbonyl (C=O) groups is 1. The molecule has 0 aliphatic heterocycles. The molecule has 0 saturated carbocycles. The molecular weight excluding hydrogens is 240 g/mol. The Morgan fingerprint density at radius 1 is 1.35 bits per heavy atom. The number of hydrogen-bond donors (Lipinski definition) is 1. The molecular formula is C11H10N2O3S. The second-order valence-electron chi connectivity index (χ2n) is 3.47. The molecule has 1 N–H and O–H groups in total. The minimum absolute atomic E-state index is 0.187. The highest BCUT2D eigenvalue weighted by Gasteiger charge is 2.10. The number of aromatic nitrogens is 2. The van der Waals surface area contributed by atoms with E-state index in [4.69, 9.17) is 9.84 Å². The van der Waals surface area contributed by atoms with E-state index >= 15 is 0 Å². The van der Waals surface area contributed by atoms with Crippen molar-refractivity contribution in [3.63, 3.8) is 0 Å². The van der Waals surface area contributed by atoms with Gasteiger partial charge in [0, 0.05) is 0 Å². The number of benzene rings is 1. The maximum Gasteiger partial charge on any atom is 0.335 e. The fourth-order valence-electron chi connectivity index (χ4n) is 1.26. The van der Waals surface area contributed by atoms with Gasteiger partial charge in [-0.2, -0.15) is 0 Å². The van der Waals surface area contributed by atoms with Crippen LogP contribution in [0.2, 0.25) is 0 Å². The van der Waals surface area contributed by atoms with E-state index in [9.17, 15) is 4.79 Å². The van der Waals surface area contributed by atoms with E-state index in [2.05, 4.69) is 10.2 Å². The van der Waals surface area contributed by atoms with Crippen LogP contribution in [-0.4, -0.2) is 21.3 Å². The van der Waals surface area contributed by atoms with Crippen molar-refractivity contribution in [2.75, 3.05) is 0 Å². The quantitative estimate of drug-likeness (QED) is 0.906. The maximum absolute atomic E-state index is 10.8. The van der Waals surface area contributed by atoms with E-state index in [1.54, 1.807) is 6.07 Å². The second kappa shape index (κ2) is 4.50. The third-order valence-electron chi connectivity index (χ3n) is 2.14. The van der Waals surface area contributed by atoms with Crippen LogP contribution in [0.1, 0.15) is 20.9 Å². The van der Waals surface area contributed by atoms with Crippen LogP contribution >= 0.6 is 11.3 Å². The summed E-state index contributed by atoms with van der Waals surface area (Å²) in [5.41, 5.74) is 1.04. The lowest BCUT2D eigenvalue weighted by molar-refractivity contribution is 0.0696. The molecule has 0 unspecified atom stereocenters. The first-order valence-corrected chi connectivity index (χ1v) is 5.70. The number of ether oxygens (including phenoxy) is 1. The number of carboxylic acids is 1. The summed E-state index contributed by atoms with van der Waals surface area (Å²) in [5, 5.41) is 17.8. The minimum atomic E-state index is -0.983. The molecule has 0 aliphatic rings. The van der Waals surface area contributed by atoms with Gasteiger partial charge in [-0.05, 0) is 31.5 Å². The molecule has 0 amide bonds. The lowest BCUT2D eigenvalue weighted by atomic mass is 10.1. The number of hydrogen-bond acceptors (Lipinski definition) is 5. The van der Waals surface area contributed by atoms with Gasteiger partial charge in [0.1, 0.15) is 10.8 Å². The van der Waals surface area contributed by atoms with Gasteiger partial charge in [-0.25, -0.2) is 4.79 Å². The first-order chi connectivity index (χ1) is 8.06. The summed E-state index contributed by atoms with van der Waals surface area (Å²) in [4.78, 5) is 10.8. The Bertz CT molecular complexity index is 566. The van der Waals surface area contributed by atoms with Gasteiger partial charge in [0.15, 0.2) is 0 Å². The Hall–Kier alpha value is -1.95. The highest BCUT2D eigenvalue weighted by molar-refractivity contribution is 7.13. The van der Waals surface area contributed by atoms with Crippen molar-refractivity contribution in [2.24, 2.45) is 0 Å². The van der Waals surface area contributed by atoms with E-state index < -0.39 is 5.97 Å². The first-order valence-electron chi connectivity index (χ1n) is 4.88. The molecule has 1 aromatic carbocycles. The minimum Gasteiger partial charge on any atom is -0.478 e. The number of carboxylic acid groups (broad SMARTS) is 1. The Morgan fingerprint density at radius 3 is 2.71 bits per heavy atom. The summed E-state index contributed by atoms with van der Waals surface area (Å²) in [5.74, 6) is -0.496. The molecule has 0 atom stereocenters. The van der Waals surface area contributed by atoms with Crippen LogP contribution in [0, 0.1) is 13.8 Å². The average molecular weight is 250 g/mol. The van der Waals surface area contributed by atoms with Gasteiger partial charge >= 0.3 is 5.97 Å². The van der Waals surface area contributed by atoms with Crippen LogP contribution < -0.4 is 4.74 Å². The average Bonchev–Trinajstić information content (AvgIpc) is 2.67. The van der Waals surface area contributed by atoms with E-state index in [1.807, 2.05) is 13.8 Å². The standard InChI is InChI=1S/C11H10N2O3S/c1-6-3-4-8(10(14)15)5-9(6)16-11-13-12-7(2)17-11/h3-5H,1-2H3,(H,14,15). The Balaban J connectivity index is 2.31. The molecule has 1 heterocycles. The zero-order valence-electron chi connectivity index (χ0n) is 9.30. The van der Waals surface area contributed by atoms with Gasteiger partial charge in [0.05, 0.1) is 5.56 Å². The van der Waals surface area contributed by atoms with E-state index in [0.717, 1.165) is 10.6 Å². The number of rotatable bonds is 3. The zero-order valence-corrected chi connectivity index (χ0v) is 10.1. The lowest BCUT2D eigenvalue weighted by Gasteiger charge is -2.05. The summed E-state index contributed by atoms with van der Waals surface area (Å²) >= 11 is 1.31. The van der Waals surface area contributed by atoms with Crippen LogP contribution in [0.15, 0.2) is 18.2 Å². The molecule has 0 aliphatic carbocycles. The zero-order chi connectivity index (χ0) is 12.4. The van der Waals surface area contributed by atoms with Crippen LogP contribution in [-0.2, 0) is 0 Å². The molecule has 0 bridgehead atoms. The molecule has 17 heavy (non-hydrogen) atoms. The van der Waals surface area contributed by atoms with Gasteiger partial charge in [0.25, 0.3) is 5.19 Å². The number of aromatic carboxylic acids is 1. The van der Waals surface area contributed by atoms with Crippen molar-refractivity contribution in [1.29, 1.82) is 0 Å². The third kappa shape index (κ3) is 2.59. The van der Waals surface area contributed by atoms with Crippen LogP contribution in [0.4, 0.5) is 0 Å². The molecule has 0 fully saturated rings. The molecule has 0 radical (unpaired) electrons. The highest BCUT2D eigenvalue weighted by Crippen LogP contribution is 2.28. The maximum atomic E-state index is 10.8. The fraction of sp³-hybridized carbons (Fsp3) is 0.182. The third-order valence-corrected chi connectivity index (χ3v) is 2.86. The van der Waals surface area contributed by atoms with Crippen molar-refractivity contribution in [2.45, 2.75) is 13.8 Å². The molecule has 2 rings (SSSR count). The van der Waals surface area contributed by atoms with Gasteiger partial charge in [-0.3, -0.25) is 0 Å². The summed E-state index contributed by atoms with van der Waals surface area (Å²) in [7, 11) is 0. The monoisotopic (exact) mass is 250 g/mol. The Morgan fingerprint density at radius 2 is 2.12 bits per heavy atom. The van der Waals surface area contributed by atoms with E-state index in [-0.39, 0.29) is 5.56 Å². The fourth-order valence-corrected chi connectivity index (χ4v) is 1.80. The van der Waals surface area contributed by atoms with Crippen LogP contribution in [0.5, 0.6) is 10.9 Å². The predicted molar refractivity (Wildman–Crippen MR) is 62.9 cm³/mol. The second-order valence-corrected chi connectivity index (χ2v) is 4.62. The van der Waals surface area contributed by atoms with Crippen molar-refractivity contribution >= 4 is 17.3 Å². The van der Waals surface area contributed by atoms with Crippen LogP contribution in [0.25, 0.3) is 0 Å². The van der Waals surface area contributed by atoms with E-state index in [1.165, 1.54) is 23.5 Å². The molecule has 6 heteroatoms. The summed E-state index contributed by atoms with van der Waals surface area (Å²) in [6.07, 6.45) is 0. The summed E-state index contributed by atoms with van der Waals surface area (Å²) < 4.78 is 5.50. The Labute approximate surface area is 102 Å². The highest BCUT2D eigenvalue weighted by atomic mass is 32.1. The van der Waals surface area contributed by atoms with E-state index in [0.29, 0.717) is 10.9 Å². The summed E-state index contributed by atoms with van der Waals surface area (Å²) in [6, 6.07) is 4.72. The lowest BCUT2D eigenvalue weighted by Crippen LogP contribution is -1.97. The van der Waals surface area contributed by atoms with Crippen molar-refractivity contribution in [3.8, 4) is 10.9 Å². The Kier molecular flexibility index (Phi) is 3.06. The van der Waals surface area contributed by atoms with Gasteiger partial charge in [0.2, 0.25) is 0 Å². The van der Waals surface area contributed by atoms with Gasteiger partial charge in [-0.15, -0.1) is 5.10 Å². The molecule has 2 aromatic rings. The van der Waals surface area contributed by atoms with Gasteiger partial charge < -0.3 is 9.84 Å². The van der Waals surface area contributed by atoms with Crippen molar-refractivity contribution < 1.29 is 14.6 Å². The predicted octanol–water partition coefficient (Wildman–Crippen LogP) is 2.65. The number of aryl methyl sites for hydroxylation is 2. The normalized spacial score (nSPS) is 10.2.